The third kappa shape index (κ3) is 5.64. The molecule has 1 aromatic carbocycles. The molecule has 6 nitrogen and oxygen atoms in total. The number of carbonyl (C=O) groups excluding carboxylic acids is 1. The first-order valence-corrected chi connectivity index (χ1v) is 7.43. The standard InChI is InChI=1S/C12H18FN3O3S/c1-16(2)20(18,19)15-9-12(17)14-8-7-10-3-5-11(13)6-4-10/h3-6,15H,7-9H2,1-2H3,(H,14,17). The van der Waals surface area contributed by atoms with Crippen LogP contribution >= 0.6 is 0 Å². The van der Waals surface area contributed by atoms with Crippen LogP contribution in [0.4, 0.5) is 4.39 Å². The van der Waals surface area contributed by atoms with Crippen LogP contribution in [0.25, 0.3) is 0 Å². The van der Waals surface area contributed by atoms with Gasteiger partial charge in [-0.3, -0.25) is 4.79 Å². The van der Waals surface area contributed by atoms with Crippen molar-refractivity contribution in [3.63, 3.8) is 0 Å². The predicted octanol–water partition coefficient (Wildman–Crippen LogP) is -0.120. The van der Waals surface area contributed by atoms with Crippen molar-refractivity contribution in [1.29, 1.82) is 0 Å². The van der Waals surface area contributed by atoms with Crippen molar-refractivity contribution in [2.24, 2.45) is 0 Å². The van der Waals surface area contributed by atoms with Gasteiger partial charge in [0.05, 0.1) is 6.54 Å². The van der Waals surface area contributed by atoms with Gasteiger partial charge in [0, 0.05) is 20.6 Å². The highest BCUT2D eigenvalue weighted by Gasteiger charge is 2.14. The Hall–Kier alpha value is -1.51. The molecule has 0 fully saturated rings. The molecule has 1 rings (SSSR count). The van der Waals surface area contributed by atoms with Crippen molar-refractivity contribution in [3.8, 4) is 0 Å². The normalized spacial score (nSPS) is 11.6. The minimum atomic E-state index is -3.59. The highest BCUT2D eigenvalue weighted by molar-refractivity contribution is 7.87. The molecular weight excluding hydrogens is 285 g/mol. The number of rotatable bonds is 7. The van der Waals surface area contributed by atoms with Crippen LogP contribution in [0.3, 0.4) is 0 Å². The van der Waals surface area contributed by atoms with Crippen molar-refractivity contribution in [1.82, 2.24) is 14.3 Å². The first-order valence-electron chi connectivity index (χ1n) is 5.99. The smallest absolute Gasteiger partial charge is 0.279 e. The van der Waals surface area contributed by atoms with E-state index >= 15 is 0 Å². The van der Waals surface area contributed by atoms with E-state index in [0.29, 0.717) is 13.0 Å². The molecular formula is C12H18FN3O3S. The molecule has 0 aromatic heterocycles. The topological polar surface area (TPSA) is 78.5 Å². The Balaban J connectivity index is 2.29. The summed E-state index contributed by atoms with van der Waals surface area (Å²) in [6, 6.07) is 5.97. The number of nitrogens with zero attached hydrogens (tertiary/aromatic N) is 1. The van der Waals surface area contributed by atoms with Crippen LogP contribution in [0.1, 0.15) is 5.56 Å². The summed E-state index contributed by atoms with van der Waals surface area (Å²) in [6.07, 6.45) is 0.548. The lowest BCUT2D eigenvalue weighted by Crippen LogP contribution is -2.42. The third-order valence-electron chi connectivity index (χ3n) is 2.54. The minimum absolute atomic E-state index is 0.309. The van der Waals surface area contributed by atoms with Crippen molar-refractivity contribution in [2.75, 3.05) is 27.2 Å². The zero-order valence-electron chi connectivity index (χ0n) is 11.4. The monoisotopic (exact) mass is 303 g/mol. The van der Waals surface area contributed by atoms with Crippen LogP contribution < -0.4 is 10.0 Å². The lowest BCUT2D eigenvalue weighted by Gasteiger charge is -2.12. The Labute approximate surface area is 118 Å². The van der Waals surface area contributed by atoms with E-state index in [4.69, 9.17) is 0 Å². The number of hydrogen-bond donors (Lipinski definition) is 2. The molecule has 2 N–H and O–H groups in total. The second kappa shape index (κ2) is 7.32. The van der Waals surface area contributed by atoms with E-state index in [-0.39, 0.29) is 12.4 Å². The van der Waals surface area contributed by atoms with E-state index in [1.165, 1.54) is 26.2 Å². The highest BCUT2D eigenvalue weighted by Crippen LogP contribution is 2.02. The second-order valence-electron chi connectivity index (χ2n) is 4.33. The fourth-order valence-electron chi connectivity index (χ4n) is 1.35. The van der Waals surface area contributed by atoms with Crippen molar-refractivity contribution < 1.29 is 17.6 Å². The van der Waals surface area contributed by atoms with Crippen molar-refractivity contribution in [2.45, 2.75) is 6.42 Å². The number of carbonyl (C=O) groups is 1. The summed E-state index contributed by atoms with van der Waals surface area (Å²) in [5.74, 6) is -0.728. The van der Waals surface area contributed by atoms with Crippen LogP contribution in [-0.4, -0.2) is 45.8 Å². The van der Waals surface area contributed by atoms with Gasteiger partial charge in [0.1, 0.15) is 5.82 Å². The molecule has 20 heavy (non-hydrogen) atoms. The maximum Gasteiger partial charge on any atom is 0.279 e. The number of benzene rings is 1. The van der Waals surface area contributed by atoms with Crippen LogP contribution in [-0.2, 0) is 21.4 Å². The molecule has 8 heteroatoms. The zero-order chi connectivity index (χ0) is 15.2. The van der Waals surface area contributed by atoms with Gasteiger partial charge in [0.25, 0.3) is 10.2 Å². The summed E-state index contributed by atoms with van der Waals surface area (Å²) in [5.41, 5.74) is 0.889. The van der Waals surface area contributed by atoms with E-state index in [1.807, 2.05) is 0 Å². The summed E-state index contributed by atoms with van der Waals surface area (Å²) >= 11 is 0. The molecule has 0 saturated carbocycles. The van der Waals surface area contributed by atoms with E-state index in [0.717, 1.165) is 9.87 Å². The zero-order valence-corrected chi connectivity index (χ0v) is 12.2. The average Bonchev–Trinajstić information content (AvgIpc) is 2.39. The Morgan fingerprint density at radius 3 is 2.40 bits per heavy atom. The lowest BCUT2D eigenvalue weighted by molar-refractivity contribution is -0.119. The number of amides is 1. The van der Waals surface area contributed by atoms with Gasteiger partial charge in [-0.15, -0.1) is 0 Å². The third-order valence-corrected chi connectivity index (χ3v) is 4.02. The maximum absolute atomic E-state index is 12.7. The van der Waals surface area contributed by atoms with Crippen LogP contribution in [0, 0.1) is 5.82 Å². The van der Waals surface area contributed by atoms with Gasteiger partial charge < -0.3 is 5.32 Å². The fourth-order valence-corrected chi connectivity index (χ4v) is 1.92. The van der Waals surface area contributed by atoms with Gasteiger partial charge in [0.2, 0.25) is 5.91 Å². The van der Waals surface area contributed by atoms with Gasteiger partial charge in [-0.25, -0.2) is 4.39 Å². The summed E-state index contributed by atoms with van der Waals surface area (Å²) in [6.45, 7) is 0.0398. The Morgan fingerprint density at radius 2 is 1.85 bits per heavy atom. The van der Waals surface area contributed by atoms with Crippen molar-refractivity contribution >= 4 is 16.1 Å². The van der Waals surface area contributed by atoms with Gasteiger partial charge in [-0.1, -0.05) is 12.1 Å². The summed E-state index contributed by atoms with van der Waals surface area (Å²) in [5, 5.41) is 2.58. The predicted molar refractivity (Wildman–Crippen MR) is 73.7 cm³/mol. The molecule has 0 bridgehead atoms. The van der Waals surface area contributed by atoms with Crippen LogP contribution in [0.15, 0.2) is 24.3 Å². The Kier molecular flexibility index (Phi) is 6.05. The average molecular weight is 303 g/mol. The molecule has 1 aromatic rings. The van der Waals surface area contributed by atoms with Gasteiger partial charge in [-0.2, -0.15) is 17.4 Å². The van der Waals surface area contributed by atoms with Gasteiger partial charge in [-0.05, 0) is 24.1 Å². The summed E-state index contributed by atoms with van der Waals surface area (Å²) in [4.78, 5) is 11.4. The number of halogens is 1. The van der Waals surface area contributed by atoms with Crippen LogP contribution in [0.2, 0.25) is 0 Å². The first kappa shape index (κ1) is 16.5. The summed E-state index contributed by atoms with van der Waals surface area (Å²) in [7, 11) is -0.855. The lowest BCUT2D eigenvalue weighted by atomic mass is 10.1. The van der Waals surface area contributed by atoms with E-state index in [9.17, 15) is 17.6 Å². The Morgan fingerprint density at radius 1 is 1.25 bits per heavy atom. The van der Waals surface area contributed by atoms with E-state index < -0.39 is 16.1 Å². The molecule has 0 heterocycles. The SMILES string of the molecule is CN(C)S(=O)(=O)NCC(=O)NCCc1ccc(F)cc1. The molecule has 0 atom stereocenters. The Bertz CT molecular complexity index is 544. The van der Waals surface area contributed by atoms with Gasteiger partial charge in [0.15, 0.2) is 0 Å². The molecule has 0 saturated heterocycles. The maximum atomic E-state index is 12.7. The quantitative estimate of drug-likeness (QED) is 0.737. The number of hydrogen-bond acceptors (Lipinski definition) is 3. The molecule has 0 aliphatic heterocycles. The first-order chi connectivity index (χ1) is 9.31. The number of nitrogens with one attached hydrogen (secondary N) is 2. The van der Waals surface area contributed by atoms with Crippen LogP contribution in [0.5, 0.6) is 0 Å². The minimum Gasteiger partial charge on any atom is -0.355 e. The van der Waals surface area contributed by atoms with E-state index in [2.05, 4.69) is 10.0 Å². The highest BCUT2D eigenvalue weighted by atomic mass is 32.2. The fraction of sp³-hybridized carbons (Fsp3) is 0.417. The molecule has 0 radical (unpaired) electrons. The molecule has 0 unspecified atom stereocenters. The largest absolute Gasteiger partial charge is 0.355 e. The molecule has 0 spiro atoms. The van der Waals surface area contributed by atoms with Crippen molar-refractivity contribution in [3.05, 3.63) is 35.6 Å². The van der Waals surface area contributed by atoms with E-state index in [1.54, 1.807) is 12.1 Å². The molecule has 1 amide bonds. The second-order valence-corrected chi connectivity index (χ2v) is 6.30. The summed E-state index contributed by atoms with van der Waals surface area (Å²) < 4.78 is 38.5. The molecule has 112 valence electrons. The molecule has 0 aliphatic rings. The molecule has 0 aliphatic carbocycles. The van der Waals surface area contributed by atoms with Gasteiger partial charge >= 0.3 is 0 Å².